The topological polar surface area (TPSA) is 18.5 Å². The van der Waals surface area contributed by atoms with Crippen LogP contribution in [0.3, 0.4) is 0 Å². The molecule has 3 heteroatoms. The van der Waals surface area contributed by atoms with E-state index in [9.17, 15) is 0 Å². The maximum Gasteiger partial charge on any atom is 0.0955 e. The number of halogens is 1. The zero-order valence-electron chi connectivity index (χ0n) is 9.71. The normalized spacial score (nSPS) is 26.0. The molecule has 15 heavy (non-hydrogen) atoms. The molecule has 0 aromatic heterocycles. The lowest BCUT2D eigenvalue weighted by molar-refractivity contribution is 0.0426. The van der Waals surface area contributed by atoms with Gasteiger partial charge in [0.1, 0.15) is 0 Å². The smallest absolute Gasteiger partial charge is 0.0955 e. The highest BCUT2D eigenvalue weighted by Crippen LogP contribution is 2.17. The Kier molecular flexibility index (Phi) is 7.67. The van der Waals surface area contributed by atoms with Crippen LogP contribution in [0, 0.1) is 0 Å². The van der Waals surface area contributed by atoms with Crippen molar-refractivity contribution in [3.63, 3.8) is 0 Å². The van der Waals surface area contributed by atoms with Crippen molar-refractivity contribution in [2.45, 2.75) is 56.4 Å². The van der Waals surface area contributed by atoms with Gasteiger partial charge in [-0.15, -0.1) is 0 Å². The van der Waals surface area contributed by atoms with Crippen LogP contribution in [0.1, 0.15) is 45.4 Å². The summed E-state index contributed by atoms with van der Waals surface area (Å²) in [5, 5.41) is 0. The van der Waals surface area contributed by atoms with Gasteiger partial charge in [0.05, 0.1) is 24.1 Å². The molecule has 1 heterocycles. The van der Waals surface area contributed by atoms with Gasteiger partial charge in [0.2, 0.25) is 0 Å². The number of alkyl halides is 1. The predicted octanol–water partition coefficient (Wildman–Crippen LogP) is 3.53. The monoisotopic (exact) mass is 278 g/mol. The van der Waals surface area contributed by atoms with E-state index in [1.54, 1.807) is 0 Å². The molecule has 0 bridgehead atoms. The van der Waals surface area contributed by atoms with Gasteiger partial charge in [0.25, 0.3) is 0 Å². The van der Waals surface area contributed by atoms with Gasteiger partial charge in [-0.3, -0.25) is 0 Å². The molecule has 1 fully saturated rings. The lowest BCUT2D eigenvalue weighted by Crippen LogP contribution is -2.22. The average Bonchev–Trinajstić information content (AvgIpc) is 2.63. The Hall–Kier alpha value is 0.400. The van der Waals surface area contributed by atoms with Crippen molar-refractivity contribution in [3.05, 3.63) is 0 Å². The van der Waals surface area contributed by atoms with E-state index in [2.05, 4.69) is 22.9 Å². The van der Waals surface area contributed by atoms with Crippen LogP contribution in [-0.2, 0) is 9.47 Å². The second-order valence-corrected chi connectivity index (χ2v) is 5.41. The summed E-state index contributed by atoms with van der Waals surface area (Å²) in [5.41, 5.74) is 0. The van der Waals surface area contributed by atoms with E-state index in [-0.39, 0.29) is 6.10 Å². The van der Waals surface area contributed by atoms with Crippen LogP contribution in [0.5, 0.6) is 0 Å². The van der Waals surface area contributed by atoms with E-state index in [1.165, 1.54) is 38.5 Å². The molecule has 1 aliphatic rings. The van der Waals surface area contributed by atoms with Gasteiger partial charge >= 0.3 is 0 Å². The molecular formula is C12H23BrO2. The second-order valence-electron chi connectivity index (χ2n) is 4.23. The highest BCUT2D eigenvalue weighted by Gasteiger charge is 2.25. The first kappa shape index (κ1) is 13.5. The van der Waals surface area contributed by atoms with Crippen LogP contribution in [0.25, 0.3) is 0 Å². The quantitative estimate of drug-likeness (QED) is 0.500. The lowest BCUT2D eigenvalue weighted by atomic mass is 10.1. The largest absolute Gasteiger partial charge is 0.377 e. The number of hydrogen-bond acceptors (Lipinski definition) is 2. The van der Waals surface area contributed by atoms with Gasteiger partial charge in [-0.25, -0.2) is 0 Å². The van der Waals surface area contributed by atoms with Crippen molar-refractivity contribution in [1.29, 1.82) is 0 Å². The molecule has 1 saturated heterocycles. The molecule has 0 spiro atoms. The van der Waals surface area contributed by atoms with E-state index in [0.29, 0.717) is 4.83 Å². The summed E-state index contributed by atoms with van der Waals surface area (Å²) in [6.07, 6.45) is 8.21. The fraction of sp³-hybridized carbons (Fsp3) is 1.00. The molecule has 1 aliphatic heterocycles. The fourth-order valence-corrected chi connectivity index (χ4v) is 2.27. The van der Waals surface area contributed by atoms with Crippen LogP contribution >= 0.6 is 15.9 Å². The Morgan fingerprint density at radius 3 is 2.53 bits per heavy atom. The Morgan fingerprint density at radius 2 is 1.87 bits per heavy atom. The Balaban J connectivity index is 1.84. The zero-order chi connectivity index (χ0) is 10.9. The lowest BCUT2D eigenvalue weighted by Gasteiger charge is -2.12. The molecule has 0 saturated carbocycles. The minimum absolute atomic E-state index is 0.278. The number of ether oxygens (including phenoxy) is 2. The van der Waals surface area contributed by atoms with Crippen molar-refractivity contribution in [2.75, 3.05) is 19.8 Å². The van der Waals surface area contributed by atoms with E-state index in [4.69, 9.17) is 9.47 Å². The molecule has 2 atom stereocenters. The number of rotatable bonds is 8. The third-order valence-electron chi connectivity index (χ3n) is 2.79. The minimum atomic E-state index is 0.278. The minimum Gasteiger partial charge on any atom is -0.377 e. The molecule has 0 radical (unpaired) electrons. The zero-order valence-corrected chi connectivity index (χ0v) is 11.3. The van der Waals surface area contributed by atoms with Crippen molar-refractivity contribution >= 4 is 15.9 Å². The predicted molar refractivity (Wildman–Crippen MR) is 66.7 cm³/mol. The van der Waals surface area contributed by atoms with Crippen LogP contribution in [0.2, 0.25) is 0 Å². The van der Waals surface area contributed by atoms with Gasteiger partial charge in [-0.1, -0.05) is 55.0 Å². The molecule has 0 N–H and O–H groups in total. The van der Waals surface area contributed by atoms with Gasteiger partial charge in [-0.05, 0) is 6.42 Å². The molecule has 0 aliphatic carbocycles. The average molecular weight is 279 g/mol. The van der Waals surface area contributed by atoms with Crippen LogP contribution in [0.4, 0.5) is 0 Å². The first-order valence-electron chi connectivity index (χ1n) is 6.18. The Morgan fingerprint density at radius 1 is 1.13 bits per heavy atom. The van der Waals surface area contributed by atoms with Gasteiger partial charge < -0.3 is 9.47 Å². The summed E-state index contributed by atoms with van der Waals surface area (Å²) < 4.78 is 11.1. The van der Waals surface area contributed by atoms with Crippen LogP contribution < -0.4 is 0 Å². The van der Waals surface area contributed by atoms with Gasteiger partial charge in [0, 0.05) is 6.61 Å². The summed E-state index contributed by atoms with van der Waals surface area (Å²) in [7, 11) is 0. The van der Waals surface area contributed by atoms with Crippen molar-refractivity contribution < 1.29 is 9.47 Å². The standard InChI is InChI=1S/C12H23BrO2/c1-2-3-4-5-6-7-8-15-12-10-14-9-11(12)13/h11-12H,2-10H2,1H3. The van der Waals surface area contributed by atoms with E-state index in [1.807, 2.05) is 0 Å². The molecule has 0 aromatic rings. The third-order valence-corrected chi connectivity index (χ3v) is 3.65. The van der Waals surface area contributed by atoms with E-state index < -0.39 is 0 Å². The summed E-state index contributed by atoms with van der Waals surface area (Å²) in [6, 6.07) is 0. The Bertz CT molecular complexity index is 153. The van der Waals surface area contributed by atoms with Crippen molar-refractivity contribution in [2.24, 2.45) is 0 Å². The van der Waals surface area contributed by atoms with Gasteiger partial charge in [0.15, 0.2) is 0 Å². The summed E-state index contributed by atoms with van der Waals surface area (Å²) in [5.74, 6) is 0. The van der Waals surface area contributed by atoms with E-state index in [0.717, 1.165) is 19.8 Å². The van der Waals surface area contributed by atoms with Crippen LogP contribution in [-0.4, -0.2) is 30.8 Å². The summed E-state index contributed by atoms with van der Waals surface area (Å²) in [4.78, 5) is 0.401. The summed E-state index contributed by atoms with van der Waals surface area (Å²) in [6.45, 7) is 4.69. The molecule has 1 rings (SSSR count). The molecule has 90 valence electrons. The maximum absolute atomic E-state index is 5.75. The van der Waals surface area contributed by atoms with Crippen molar-refractivity contribution in [3.8, 4) is 0 Å². The highest BCUT2D eigenvalue weighted by atomic mass is 79.9. The summed E-state index contributed by atoms with van der Waals surface area (Å²) >= 11 is 3.56. The number of hydrogen-bond donors (Lipinski definition) is 0. The van der Waals surface area contributed by atoms with Crippen LogP contribution in [0.15, 0.2) is 0 Å². The SMILES string of the molecule is CCCCCCCCOC1COCC1Br. The molecule has 2 nitrogen and oxygen atoms in total. The first-order valence-corrected chi connectivity index (χ1v) is 7.09. The highest BCUT2D eigenvalue weighted by molar-refractivity contribution is 9.09. The number of unbranched alkanes of at least 4 members (excludes halogenated alkanes) is 5. The second kappa shape index (κ2) is 8.54. The molecule has 2 unspecified atom stereocenters. The molecule has 0 amide bonds. The van der Waals surface area contributed by atoms with Crippen molar-refractivity contribution in [1.82, 2.24) is 0 Å². The Labute approximate surface area is 102 Å². The maximum atomic E-state index is 5.75. The first-order chi connectivity index (χ1) is 7.34. The van der Waals surface area contributed by atoms with E-state index >= 15 is 0 Å². The molecular weight excluding hydrogens is 256 g/mol. The molecule has 0 aromatic carbocycles. The fourth-order valence-electron chi connectivity index (χ4n) is 1.78. The third kappa shape index (κ3) is 5.88. The van der Waals surface area contributed by atoms with Gasteiger partial charge in [-0.2, -0.15) is 0 Å².